The summed E-state index contributed by atoms with van der Waals surface area (Å²) in [5.41, 5.74) is 1.99. The highest BCUT2D eigenvalue weighted by atomic mass is 32.2. The van der Waals surface area contributed by atoms with Crippen LogP contribution >= 0.6 is 11.3 Å². The molecule has 124 valence electrons. The first kappa shape index (κ1) is 17.7. The number of nitrogens with one attached hydrogen (secondary N) is 1. The number of aryl methyl sites for hydroxylation is 2. The fraction of sp³-hybridized carbons (Fsp3) is 0.353. The van der Waals surface area contributed by atoms with Crippen LogP contribution in [0.5, 0.6) is 0 Å². The highest BCUT2D eigenvalue weighted by Crippen LogP contribution is 2.32. The van der Waals surface area contributed by atoms with Crippen molar-refractivity contribution in [1.82, 2.24) is 5.32 Å². The molecule has 1 atom stereocenters. The molecule has 1 aromatic heterocycles. The lowest BCUT2D eigenvalue weighted by molar-refractivity contribution is -0.120. The number of amides is 1. The van der Waals surface area contributed by atoms with E-state index in [2.05, 4.69) is 5.32 Å². The first-order valence-corrected chi connectivity index (χ1v) is 9.90. The minimum absolute atomic E-state index is 0.0858. The Morgan fingerprint density at radius 3 is 2.52 bits per heavy atom. The zero-order chi connectivity index (χ0) is 17.0. The van der Waals surface area contributed by atoms with E-state index in [-0.39, 0.29) is 12.5 Å². The normalized spacial score (nSPS) is 12.8. The summed E-state index contributed by atoms with van der Waals surface area (Å²) in [6, 6.07) is 8.78. The van der Waals surface area contributed by atoms with E-state index >= 15 is 0 Å². The van der Waals surface area contributed by atoms with E-state index in [4.69, 9.17) is 0 Å². The third-order valence-corrected chi connectivity index (χ3v) is 7.06. The van der Waals surface area contributed by atoms with Gasteiger partial charge in [0.1, 0.15) is 5.25 Å². The molecule has 2 rings (SSSR count). The van der Waals surface area contributed by atoms with Crippen LogP contribution in [-0.2, 0) is 14.6 Å². The minimum Gasteiger partial charge on any atom is -0.354 e. The molecule has 23 heavy (non-hydrogen) atoms. The number of sulfone groups is 1. The summed E-state index contributed by atoms with van der Waals surface area (Å²) < 4.78 is 26.1. The standard InChI is InChI=1S/C17H21NO3S2/c1-4-17(19)18-11-16(15-6-5-9-22-15)23(20,21)14-8-7-12(2)13(3)10-14/h5-10,16H,4,11H2,1-3H3,(H,18,19)/t16-/m0/s1. The van der Waals surface area contributed by atoms with Crippen LogP contribution in [0.4, 0.5) is 0 Å². The molecule has 0 spiro atoms. The molecule has 6 heteroatoms. The minimum atomic E-state index is -3.57. The molecular formula is C17H21NO3S2. The van der Waals surface area contributed by atoms with Gasteiger partial charge in [-0.1, -0.05) is 19.1 Å². The second-order valence-corrected chi connectivity index (χ2v) is 8.56. The molecule has 2 aromatic rings. The lowest BCUT2D eigenvalue weighted by Gasteiger charge is -2.18. The molecule has 1 heterocycles. The summed E-state index contributed by atoms with van der Waals surface area (Å²) in [5.74, 6) is -0.151. The molecular weight excluding hydrogens is 330 g/mol. The van der Waals surface area contributed by atoms with E-state index in [9.17, 15) is 13.2 Å². The van der Waals surface area contributed by atoms with Gasteiger partial charge in [0.05, 0.1) is 4.90 Å². The van der Waals surface area contributed by atoms with E-state index in [1.54, 1.807) is 25.1 Å². The van der Waals surface area contributed by atoms with Gasteiger partial charge in [-0.25, -0.2) is 8.42 Å². The van der Waals surface area contributed by atoms with Gasteiger partial charge in [-0.3, -0.25) is 4.79 Å². The molecule has 1 amide bonds. The summed E-state index contributed by atoms with van der Waals surface area (Å²) in [5, 5.41) is 3.79. The molecule has 0 aliphatic carbocycles. The summed E-state index contributed by atoms with van der Waals surface area (Å²) in [6.45, 7) is 5.67. The van der Waals surface area contributed by atoms with Crippen LogP contribution in [0.15, 0.2) is 40.6 Å². The van der Waals surface area contributed by atoms with Crippen LogP contribution in [0.25, 0.3) is 0 Å². The van der Waals surface area contributed by atoms with E-state index in [0.717, 1.165) is 16.0 Å². The van der Waals surface area contributed by atoms with E-state index < -0.39 is 15.1 Å². The molecule has 0 aliphatic rings. The van der Waals surface area contributed by atoms with Crippen molar-refractivity contribution in [3.63, 3.8) is 0 Å². The van der Waals surface area contributed by atoms with Crippen molar-refractivity contribution >= 4 is 27.1 Å². The number of benzene rings is 1. The van der Waals surface area contributed by atoms with Gasteiger partial charge < -0.3 is 5.32 Å². The first-order chi connectivity index (χ1) is 10.9. The lowest BCUT2D eigenvalue weighted by atomic mass is 10.1. The second-order valence-electron chi connectivity index (χ2n) is 5.45. The van der Waals surface area contributed by atoms with Gasteiger partial charge in [-0.15, -0.1) is 11.3 Å². The fourth-order valence-corrected chi connectivity index (χ4v) is 5.09. The maximum Gasteiger partial charge on any atom is 0.219 e. The van der Waals surface area contributed by atoms with Crippen molar-refractivity contribution in [1.29, 1.82) is 0 Å². The molecule has 0 bridgehead atoms. The largest absolute Gasteiger partial charge is 0.354 e. The summed E-state index contributed by atoms with van der Waals surface area (Å²) in [6.07, 6.45) is 0.334. The zero-order valence-electron chi connectivity index (χ0n) is 13.5. The number of rotatable bonds is 6. The average molecular weight is 351 g/mol. The van der Waals surface area contributed by atoms with Crippen LogP contribution in [0.3, 0.4) is 0 Å². The third-order valence-electron chi connectivity index (χ3n) is 3.85. The molecule has 4 nitrogen and oxygen atoms in total. The number of hydrogen-bond donors (Lipinski definition) is 1. The van der Waals surface area contributed by atoms with E-state index in [1.807, 2.05) is 31.4 Å². The molecule has 0 fully saturated rings. The zero-order valence-corrected chi connectivity index (χ0v) is 15.1. The van der Waals surface area contributed by atoms with Crippen molar-refractivity contribution in [2.24, 2.45) is 0 Å². The SMILES string of the molecule is CCC(=O)NC[C@@H](c1cccs1)S(=O)(=O)c1ccc(C)c(C)c1. The van der Waals surface area contributed by atoms with Crippen LogP contribution in [0.2, 0.25) is 0 Å². The Kier molecular flexibility index (Phi) is 5.59. The average Bonchev–Trinajstić information content (AvgIpc) is 3.03. The van der Waals surface area contributed by atoms with Gasteiger partial charge >= 0.3 is 0 Å². The molecule has 0 saturated heterocycles. The Morgan fingerprint density at radius 1 is 1.22 bits per heavy atom. The van der Waals surface area contributed by atoms with Gasteiger partial charge in [0.25, 0.3) is 0 Å². The summed E-state index contributed by atoms with van der Waals surface area (Å²) in [7, 11) is -3.57. The second kappa shape index (κ2) is 7.27. The number of thiophene rings is 1. The maximum atomic E-state index is 13.1. The summed E-state index contributed by atoms with van der Waals surface area (Å²) in [4.78, 5) is 12.6. The highest BCUT2D eigenvalue weighted by molar-refractivity contribution is 7.91. The Balaban J connectivity index is 2.40. The van der Waals surface area contributed by atoms with Crippen molar-refractivity contribution in [3.8, 4) is 0 Å². The third kappa shape index (κ3) is 4.00. The van der Waals surface area contributed by atoms with Gasteiger partial charge in [-0.05, 0) is 48.6 Å². The van der Waals surface area contributed by atoms with Crippen molar-refractivity contribution in [2.45, 2.75) is 37.3 Å². The fourth-order valence-electron chi connectivity index (χ4n) is 2.22. The van der Waals surface area contributed by atoms with Crippen LogP contribution < -0.4 is 5.32 Å². The first-order valence-electron chi connectivity index (χ1n) is 7.47. The van der Waals surface area contributed by atoms with Crippen molar-refractivity contribution in [3.05, 3.63) is 51.7 Å². The van der Waals surface area contributed by atoms with E-state index in [0.29, 0.717) is 11.3 Å². The Labute approximate surface area is 141 Å². The Morgan fingerprint density at radius 2 is 1.96 bits per heavy atom. The quantitative estimate of drug-likeness (QED) is 0.867. The number of carbonyl (C=O) groups is 1. The number of carbonyl (C=O) groups excluding carboxylic acids is 1. The molecule has 0 aliphatic heterocycles. The van der Waals surface area contributed by atoms with Crippen molar-refractivity contribution in [2.75, 3.05) is 6.54 Å². The predicted molar refractivity (Wildman–Crippen MR) is 93.5 cm³/mol. The molecule has 1 aromatic carbocycles. The predicted octanol–water partition coefficient (Wildman–Crippen LogP) is 3.41. The summed E-state index contributed by atoms with van der Waals surface area (Å²) >= 11 is 1.39. The van der Waals surface area contributed by atoms with Crippen LogP contribution in [0.1, 0.15) is 34.6 Å². The Hall–Kier alpha value is -1.66. The van der Waals surface area contributed by atoms with Crippen molar-refractivity contribution < 1.29 is 13.2 Å². The van der Waals surface area contributed by atoms with Gasteiger partial charge in [0, 0.05) is 17.8 Å². The molecule has 1 N–H and O–H groups in total. The van der Waals surface area contributed by atoms with Gasteiger partial charge in [-0.2, -0.15) is 0 Å². The molecule has 0 saturated carbocycles. The molecule has 0 radical (unpaired) electrons. The van der Waals surface area contributed by atoms with E-state index in [1.165, 1.54) is 11.3 Å². The highest BCUT2D eigenvalue weighted by Gasteiger charge is 2.30. The molecule has 0 unspecified atom stereocenters. The van der Waals surface area contributed by atoms with Gasteiger partial charge in [0.15, 0.2) is 9.84 Å². The topological polar surface area (TPSA) is 63.2 Å². The maximum absolute atomic E-state index is 13.1. The number of hydrogen-bond acceptors (Lipinski definition) is 4. The lowest BCUT2D eigenvalue weighted by Crippen LogP contribution is -2.31. The Bertz CT molecular complexity index is 780. The monoisotopic (exact) mass is 351 g/mol. The van der Waals surface area contributed by atoms with Crippen LogP contribution in [-0.4, -0.2) is 20.9 Å². The van der Waals surface area contributed by atoms with Gasteiger partial charge in [0.2, 0.25) is 5.91 Å². The smallest absolute Gasteiger partial charge is 0.219 e. The van der Waals surface area contributed by atoms with Crippen LogP contribution in [0, 0.1) is 13.8 Å².